The molecule has 0 atom stereocenters. The maximum absolute atomic E-state index is 12.6. The number of carbonyl (C=O) groups excluding carboxylic acids is 1. The first-order valence-electron chi connectivity index (χ1n) is 10.9. The molecule has 3 aromatic carbocycles. The van der Waals surface area contributed by atoms with Crippen molar-refractivity contribution < 1.29 is 14.3 Å². The molecule has 0 aliphatic carbocycles. The number of nitrogens with one attached hydrogen (secondary N) is 1. The number of nitrogens with zero attached hydrogens (tertiary/aromatic N) is 2. The number of hydrogen-bond acceptors (Lipinski definition) is 7. The largest absolute Gasteiger partial charge is 0.490 e. The lowest BCUT2D eigenvalue weighted by Crippen LogP contribution is -2.11. The number of benzene rings is 3. The second kappa shape index (κ2) is 10.8. The maximum Gasteiger partial charge on any atom is 0.343 e. The third kappa shape index (κ3) is 5.50. The van der Waals surface area contributed by atoms with Gasteiger partial charge in [-0.3, -0.25) is 5.43 Å². The maximum atomic E-state index is 12.6. The van der Waals surface area contributed by atoms with Crippen LogP contribution in [0.2, 0.25) is 0 Å². The highest BCUT2D eigenvalue weighted by molar-refractivity contribution is 7.16. The highest BCUT2D eigenvalue weighted by Gasteiger charge is 2.15. The molecule has 0 radical (unpaired) electrons. The van der Waals surface area contributed by atoms with E-state index in [2.05, 4.69) is 15.5 Å². The normalized spacial score (nSPS) is 10.9. The van der Waals surface area contributed by atoms with Gasteiger partial charge in [-0.15, -0.1) is 11.3 Å². The standard InChI is InChI=1S/C27H25N3O3S/c1-4-32-24-16-20(14-15-23(24)33-26(31)22-13-9-8-10-18(22)2)17-28-30-27-29-25(19(3)34-27)21-11-6-5-7-12-21/h5-17H,4H2,1-3H3,(H,29,30)/b28-17-. The molecule has 172 valence electrons. The minimum Gasteiger partial charge on any atom is -0.490 e. The Kier molecular flexibility index (Phi) is 7.34. The quantitative estimate of drug-likeness (QED) is 0.138. The smallest absolute Gasteiger partial charge is 0.343 e. The Morgan fingerprint density at radius 1 is 1.03 bits per heavy atom. The van der Waals surface area contributed by atoms with Crippen LogP contribution in [0.1, 0.15) is 33.3 Å². The van der Waals surface area contributed by atoms with Crippen LogP contribution in [0.5, 0.6) is 11.5 Å². The lowest BCUT2D eigenvalue weighted by atomic mass is 10.1. The van der Waals surface area contributed by atoms with E-state index in [4.69, 9.17) is 9.47 Å². The van der Waals surface area contributed by atoms with Gasteiger partial charge >= 0.3 is 5.97 Å². The molecule has 34 heavy (non-hydrogen) atoms. The number of hydrogen-bond donors (Lipinski definition) is 1. The van der Waals surface area contributed by atoms with Gasteiger partial charge in [-0.1, -0.05) is 48.5 Å². The minimum atomic E-state index is -0.421. The molecule has 1 heterocycles. The fourth-order valence-corrected chi connectivity index (χ4v) is 4.17. The van der Waals surface area contributed by atoms with E-state index in [1.165, 1.54) is 0 Å². The average molecular weight is 472 g/mol. The van der Waals surface area contributed by atoms with Crippen LogP contribution in [-0.2, 0) is 0 Å². The van der Waals surface area contributed by atoms with Gasteiger partial charge in [-0.2, -0.15) is 5.10 Å². The van der Waals surface area contributed by atoms with Crippen molar-refractivity contribution in [2.45, 2.75) is 20.8 Å². The lowest BCUT2D eigenvalue weighted by Gasteiger charge is -2.12. The predicted molar refractivity (Wildman–Crippen MR) is 137 cm³/mol. The molecule has 0 aliphatic rings. The SMILES string of the molecule is CCOc1cc(/C=N\Nc2nc(-c3ccccc3)c(C)s2)ccc1OC(=O)c1ccccc1C. The van der Waals surface area contributed by atoms with Crippen molar-refractivity contribution >= 4 is 28.7 Å². The molecular weight excluding hydrogens is 446 g/mol. The highest BCUT2D eigenvalue weighted by Crippen LogP contribution is 2.31. The van der Waals surface area contributed by atoms with Crippen LogP contribution in [-0.4, -0.2) is 23.8 Å². The van der Waals surface area contributed by atoms with Crippen molar-refractivity contribution in [3.63, 3.8) is 0 Å². The fraction of sp³-hybridized carbons (Fsp3) is 0.148. The van der Waals surface area contributed by atoms with Crippen LogP contribution in [0.3, 0.4) is 0 Å². The third-order valence-electron chi connectivity index (χ3n) is 5.05. The molecule has 0 bridgehead atoms. The molecule has 0 spiro atoms. The van der Waals surface area contributed by atoms with Gasteiger partial charge in [-0.05, 0) is 56.2 Å². The second-order valence-corrected chi connectivity index (χ2v) is 8.71. The zero-order valence-corrected chi connectivity index (χ0v) is 20.1. The number of ether oxygens (including phenoxy) is 2. The van der Waals surface area contributed by atoms with E-state index < -0.39 is 5.97 Å². The number of aryl methyl sites for hydroxylation is 2. The van der Waals surface area contributed by atoms with Crippen LogP contribution in [0.15, 0.2) is 77.9 Å². The zero-order valence-electron chi connectivity index (χ0n) is 19.2. The van der Waals surface area contributed by atoms with Crippen LogP contribution in [0.25, 0.3) is 11.3 Å². The van der Waals surface area contributed by atoms with E-state index in [1.807, 2.05) is 75.4 Å². The van der Waals surface area contributed by atoms with Crippen molar-refractivity contribution in [3.05, 3.63) is 94.4 Å². The summed E-state index contributed by atoms with van der Waals surface area (Å²) in [7, 11) is 0. The van der Waals surface area contributed by atoms with Gasteiger partial charge in [0.2, 0.25) is 5.13 Å². The lowest BCUT2D eigenvalue weighted by molar-refractivity contribution is 0.0727. The Labute approximate surface area is 202 Å². The average Bonchev–Trinajstić information content (AvgIpc) is 3.22. The number of esters is 1. The van der Waals surface area contributed by atoms with E-state index in [9.17, 15) is 4.79 Å². The van der Waals surface area contributed by atoms with Crippen LogP contribution >= 0.6 is 11.3 Å². The van der Waals surface area contributed by atoms with Crippen LogP contribution < -0.4 is 14.9 Å². The minimum absolute atomic E-state index is 0.364. The van der Waals surface area contributed by atoms with E-state index in [0.29, 0.717) is 28.8 Å². The topological polar surface area (TPSA) is 72.8 Å². The van der Waals surface area contributed by atoms with Gasteiger partial charge in [0.25, 0.3) is 0 Å². The molecule has 0 unspecified atom stereocenters. The molecule has 1 aromatic heterocycles. The summed E-state index contributed by atoms with van der Waals surface area (Å²) in [5, 5.41) is 5.03. The molecule has 7 heteroatoms. The summed E-state index contributed by atoms with van der Waals surface area (Å²) in [4.78, 5) is 18.4. The van der Waals surface area contributed by atoms with Crippen molar-refractivity contribution in [1.29, 1.82) is 0 Å². The monoisotopic (exact) mass is 471 g/mol. The number of hydrazone groups is 1. The fourth-order valence-electron chi connectivity index (χ4n) is 3.38. The molecule has 0 aliphatic heterocycles. The van der Waals surface area contributed by atoms with Crippen molar-refractivity contribution in [2.24, 2.45) is 5.10 Å². The molecule has 0 fully saturated rings. The van der Waals surface area contributed by atoms with E-state index in [-0.39, 0.29) is 0 Å². The number of carbonyl (C=O) groups is 1. The number of anilines is 1. The van der Waals surface area contributed by atoms with Crippen molar-refractivity contribution in [1.82, 2.24) is 4.98 Å². The summed E-state index contributed by atoms with van der Waals surface area (Å²) >= 11 is 1.55. The predicted octanol–water partition coefficient (Wildman–Crippen LogP) is 6.49. The van der Waals surface area contributed by atoms with Gasteiger partial charge in [0.05, 0.1) is 24.1 Å². The van der Waals surface area contributed by atoms with E-state index in [0.717, 1.165) is 27.3 Å². The second-order valence-electron chi connectivity index (χ2n) is 7.50. The molecule has 4 rings (SSSR count). The van der Waals surface area contributed by atoms with Gasteiger partial charge in [0, 0.05) is 10.4 Å². The van der Waals surface area contributed by atoms with Gasteiger partial charge < -0.3 is 9.47 Å². The van der Waals surface area contributed by atoms with Crippen molar-refractivity contribution in [2.75, 3.05) is 12.0 Å². The molecule has 0 saturated heterocycles. The Morgan fingerprint density at radius 3 is 2.56 bits per heavy atom. The summed E-state index contributed by atoms with van der Waals surface area (Å²) < 4.78 is 11.3. The molecular formula is C27H25N3O3S. The van der Waals surface area contributed by atoms with Gasteiger partial charge in [0.1, 0.15) is 0 Å². The third-order valence-corrected chi connectivity index (χ3v) is 5.93. The van der Waals surface area contributed by atoms with Gasteiger partial charge in [-0.25, -0.2) is 9.78 Å². The van der Waals surface area contributed by atoms with Gasteiger partial charge in [0.15, 0.2) is 11.5 Å². The Balaban J connectivity index is 1.47. The van der Waals surface area contributed by atoms with E-state index >= 15 is 0 Å². The molecule has 0 saturated carbocycles. The first-order valence-corrected chi connectivity index (χ1v) is 11.7. The summed E-state index contributed by atoms with van der Waals surface area (Å²) in [6.45, 7) is 6.23. The van der Waals surface area contributed by atoms with Crippen molar-refractivity contribution in [3.8, 4) is 22.8 Å². The first-order chi connectivity index (χ1) is 16.5. The summed E-state index contributed by atoms with van der Waals surface area (Å²) in [5.74, 6) is 0.420. The summed E-state index contributed by atoms with van der Waals surface area (Å²) in [6, 6.07) is 22.7. The molecule has 0 amide bonds. The van der Waals surface area contributed by atoms with E-state index in [1.54, 1.807) is 35.8 Å². The van der Waals surface area contributed by atoms with Crippen LogP contribution in [0.4, 0.5) is 5.13 Å². The first kappa shape index (κ1) is 23.2. The Hall–Kier alpha value is -3.97. The Morgan fingerprint density at radius 2 is 1.79 bits per heavy atom. The summed E-state index contributed by atoms with van der Waals surface area (Å²) in [6.07, 6.45) is 1.67. The number of aromatic nitrogens is 1. The molecule has 1 N–H and O–H groups in total. The Bertz CT molecular complexity index is 1320. The number of rotatable bonds is 8. The van der Waals surface area contributed by atoms with Crippen LogP contribution in [0, 0.1) is 13.8 Å². The molecule has 4 aromatic rings. The highest BCUT2D eigenvalue weighted by atomic mass is 32.1. The number of thiazole rings is 1. The molecule has 6 nitrogen and oxygen atoms in total. The summed E-state index contributed by atoms with van der Waals surface area (Å²) in [5.41, 5.74) is 7.19. The zero-order chi connectivity index (χ0) is 23.9.